The lowest BCUT2D eigenvalue weighted by molar-refractivity contribution is 0.269. The van der Waals surface area contributed by atoms with Gasteiger partial charge in [0.1, 0.15) is 0 Å². The smallest absolute Gasteiger partial charge is 0.157 e. The second-order valence-corrected chi connectivity index (χ2v) is 6.46. The third-order valence-corrected chi connectivity index (χ3v) is 4.21. The Morgan fingerprint density at radius 1 is 1.47 bits per heavy atom. The Kier molecular flexibility index (Phi) is 3.60. The first-order valence-electron chi connectivity index (χ1n) is 6.10. The summed E-state index contributed by atoms with van der Waals surface area (Å²) < 4.78 is 0. The highest BCUT2D eigenvalue weighted by Crippen LogP contribution is 2.29. The van der Waals surface area contributed by atoms with E-state index in [-0.39, 0.29) is 0 Å². The van der Waals surface area contributed by atoms with E-state index in [9.17, 15) is 0 Å². The summed E-state index contributed by atoms with van der Waals surface area (Å²) in [7, 11) is 0. The maximum atomic E-state index is 4.74. The molecule has 3 heteroatoms. The van der Waals surface area contributed by atoms with Crippen molar-refractivity contribution in [2.75, 3.05) is 5.75 Å². The molecule has 0 aromatic carbocycles. The monoisotopic (exact) mass is 226 g/mol. The predicted octanol–water partition coefficient (Wildman–Crippen LogP) is 2.89. The first-order chi connectivity index (χ1) is 7.13. The molecule has 0 amide bonds. The SMILES string of the molecule is CC(C)CC1CSC(NC2CC(C)C2)=N1. The average molecular weight is 226 g/mol. The second-order valence-electron chi connectivity index (χ2n) is 5.45. The van der Waals surface area contributed by atoms with Gasteiger partial charge in [-0.3, -0.25) is 4.99 Å². The number of nitrogens with zero attached hydrogens (tertiary/aromatic N) is 1. The fourth-order valence-corrected chi connectivity index (χ4v) is 3.39. The van der Waals surface area contributed by atoms with Crippen molar-refractivity contribution in [2.24, 2.45) is 16.8 Å². The molecule has 1 N–H and O–H groups in total. The number of amidine groups is 1. The van der Waals surface area contributed by atoms with Crippen molar-refractivity contribution >= 4 is 16.9 Å². The van der Waals surface area contributed by atoms with E-state index in [0.29, 0.717) is 12.1 Å². The average Bonchev–Trinajstić information content (AvgIpc) is 2.48. The van der Waals surface area contributed by atoms with Crippen molar-refractivity contribution in [3.05, 3.63) is 0 Å². The lowest BCUT2D eigenvalue weighted by Gasteiger charge is -2.33. The van der Waals surface area contributed by atoms with Crippen LogP contribution in [0.25, 0.3) is 0 Å². The quantitative estimate of drug-likeness (QED) is 0.800. The van der Waals surface area contributed by atoms with E-state index in [1.807, 2.05) is 11.8 Å². The van der Waals surface area contributed by atoms with E-state index in [1.165, 1.54) is 30.2 Å². The number of rotatable bonds is 3. The van der Waals surface area contributed by atoms with Crippen LogP contribution in [0.15, 0.2) is 4.99 Å². The van der Waals surface area contributed by atoms with Crippen molar-refractivity contribution in [2.45, 2.75) is 52.1 Å². The van der Waals surface area contributed by atoms with E-state index in [0.717, 1.165) is 11.8 Å². The van der Waals surface area contributed by atoms with Crippen molar-refractivity contribution in [3.8, 4) is 0 Å². The van der Waals surface area contributed by atoms with E-state index in [1.54, 1.807) is 0 Å². The Morgan fingerprint density at radius 3 is 2.80 bits per heavy atom. The molecule has 2 rings (SSSR count). The van der Waals surface area contributed by atoms with Crippen LogP contribution in [0.4, 0.5) is 0 Å². The zero-order valence-corrected chi connectivity index (χ0v) is 10.8. The van der Waals surface area contributed by atoms with Crippen LogP contribution in [-0.4, -0.2) is 23.0 Å². The van der Waals surface area contributed by atoms with Gasteiger partial charge in [0.25, 0.3) is 0 Å². The van der Waals surface area contributed by atoms with Crippen LogP contribution < -0.4 is 5.32 Å². The summed E-state index contributed by atoms with van der Waals surface area (Å²) in [5.74, 6) is 2.87. The molecule has 0 spiro atoms. The van der Waals surface area contributed by atoms with Crippen LogP contribution in [0.3, 0.4) is 0 Å². The molecule has 1 aliphatic heterocycles. The van der Waals surface area contributed by atoms with E-state index >= 15 is 0 Å². The highest BCUT2D eigenvalue weighted by Gasteiger charge is 2.28. The van der Waals surface area contributed by atoms with Crippen LogP contribution in [0.1, 0.15) is 40.0 Å². The summed E-state index contributed by atoms with van der Waals surface area (Å²) in [6.07, 6.45) is 3.89. The zero-order valence-electron chi connectivity index (χ0n) is 9.99. The van der Waals surface area contributed by atoms with Crippen LogP contribution in [0, 0.1) is 11.8 Å². The Bertz CT molecular complexity index is 244. The summed E-state index contributed by atoms with van der Waals surface area (Å²) in [6, 6.07) is 1.28. The van der Waals surface area contributed by atoms with Gasteiger partial charge in [0, 0.05) is 11.8 Å². The summed E-state index contributed by atoms with van der Waals surface area (Å²) in [4.78, 5) is 4.74. The number of nitrogens with one attached hydrogen (secondary N) is 1. The second kappa shape index (κ2) is 4.77. The maximum absolute atomic E-state index is 4.74. The normalized spacial score (nSPS) is 35.2. The molecule has 0 bridgehead atoms. The molecule has 86 valence electrons. The minimum Gasteiger partial charge on any atom is -0.362 e. The molecule has 1 saturated carbocycles. The van der Waals surface area contributed by atoms with Crippen LogP contribution in [0.5, 0.6) is 0 Å². The Morgan fingerprint density at radius 2 is 2.20 bits per heavy atom. The molecule has 15 heavy (non-hydrogen) atoms. The van der Waals surface area contributed by atoms with Crippen LogP contribution >= 0.6 is 11.8 Å². The van der Waals surface area contributed by atoms with Crippen molar-refractivity contribution in [1.29, 1.82) is 0 Å². The van der Waals surface area contributed by atoms with Gasteiger partial charge in [-0.25, -0.2) is 0 Å². The number of thioether (sulfide) groups is 1. The lowest BCUT2D eigenvalue weighted by Crippen LogP contribution is -2.42. The molecule has 1 atom stereocenters. The summed E-state index contributed by atoms with van der Waals surface area (Å²) in [6.45, 7) is 6.88. The number of aliphatic imine (C=N–C) groups is 1. The molecule has 2 nitrogen and oxygen atoms in total. The summed E-state index contributed by atoms with van der Waals surface area (Å²) in [5, 5.41) is 4.77. The van der Waals surface area contributed by atoms with Gasteiger partial charge in [0.05, 0.1) is 6.04 Å². The maximum Gasteiger partial charge on any atom is 0.157 e. The van der Waals surface area contributed by atoms with Crippen LogP contribution in [-0.2, 0) is 0 Å². The molecule has 0 aromatic heterocycles. The Labute approximate surface area is 97.3 Å². The van der Waals surface area contributed by atoms with Crippen molar-refractivity contribution < 1.29 is 0 Å². The highest BCUT2D eigenvalue weighted by atomic mass is 32.2. The topological polar surface area (TPSA) is 24.4 Å². The number of hydrogen-bond acceptors (Lipinski definition) is 3. The van der Waals surface area contributed by atoms with Gasteiger partial charge in [-0.1, -0.05) is 32.5 Å². The standard InChI is InChI=1S/C12H22N2S/c1-8(2)4-11-7-15-12(14-11)13-10-5-9(3)6-10/h8-11H,4-7H2,1-3H3,(H,13,14). The fourth-order valence-electron chi connectivity index (χ4n) is 2.35. The van der Waals surface area contributed by atoms with Gasteiger partial charge in [-0.05, 0) is 31.1 Å². The Hall–Kier alpha value is -0.180. The van der Waals surface area contributed by atoms with Crippen LogP contribution in [0.2, 0.25) is 0 Å². The van der Waals surface area contributed by atoms with Gasteiger partial charge < -0.3 is 5.32 Å². The number of hydrogen-bond donors (Lipinski definition) is 1. The molecular formula is C12H22N2S. The first-order valence-corrected chi connectivity index (χ1v) is 7.09. The molecule has 0 aromatic rings. The molecular weight excluding hydrogens is 204 g/mol. The minimum atomic E-state index is 0.565. The molecule has 1 fully saturated rings. The fraction of sp³-hybridized carbons (Fsp3) is 0.917. The highest BCUT2D eigenvalue weighted by molar-refractivity contribution is 8.14. The van der Waals surface area contributed by atoms with E-state index in [2.05, 4.69) is 26.1 Å². The van der Waals surface area contributed by atoms with Gasteiger partial charge in [-0.15, -0.1) is 0 Å². The molecule has 1 heterocycles. The van der Waals surface area contributed by atoms with E-state index in [4.69, 9.17) is 4.99 Å². The van der Waals surface area contributed by atoms with Crippen molar-refractivity contribution in [3.63, 3.8) is 0 Å². The van der Waals surface area contributed by atoms with Gasteiger partial charge in [0.2, 0.25) is 0 Å². The molecule has 1 aliphatic carbocycles. The third kappa shape index (κ3) is 3.13. The van der Waals surface area contributed by atoms with Gasteiger partial charge in [-0.2, -0.15) is 0 Å². The third-order valence-electron chi connectivity index (χ3n) is 3.16. The van der Waals surface area contributed by atoms with Gasteiger partial charge >= 0.3 is 0 Å². The largest absolute Gasteiger partial charge is 0.362 e. The Balaban J connectivity index is 1.74. The molecule has 1 unspecified atom stereocenters. The summed E-state index contributed by atoms with van der Waals surface area (Å²) >= 11 is 1.91. The summed E-state index contributed by atoms with van der Waals surface area (Å²) in [5.41, 5.74) is 0. The van der Waals surface area contributed by atoms with Gasteiger partial charge in [0.15, 0.2) is 5.17 Å². The molecule has 0 radical (unpaired) electrons. The minimum absolute atomic E-state index is 0.565. The molecule has 2 aliphatic rings. The molecule has 0 saturated heterocycles. The zero-order chi connectivity index (χ0) is 10.8. The van der Waals surface area contributed by atoms with E-state index < -0.39 is 0 Å². The lowest BCUT2D eigenvalue weighted by atomic mass is 9.82. The first kappa shape index (κ1) is 11.3. The van der Waals surface area contributed by atoms with Crippen molar-refractivity contribution in [1.82, 2.24) is 5.32 Å². The predicted molar refractivity (Wildman–Crippen MR) is 68.5 cm³/mol.